The Morgan fingerprint density at radius 2 is 0.727 bits per heavy atom. The lowest BCUT2D eigenvalue weighted by atomic mass is 10.0. The van der Waals surface area contributed by atoms with Crippen molar-refractivity contribution in [3.05, 3.63) is 12.2 Å². The molecule has 0 saturated carbocycles. The fourth-order valence-corrected chi connectivity index (χ4v) is 7.99. The van der Waals surface area contributed by atoms with E-state index in [0.29, 0.717) is 12.8 Å². The topological polar surface area (TPSA) is 89.8 Å². The van der Waals surface area contributed by atoms with Crippen LogP contribution in [0.1, 0.15) is 277 Å². The van der Waals surface area contributed by atoms with Gasteiger partial charge in [0.1, 0.15) is 6.10 Å². The second kappa shape index (κ2) is 45.8. The number of hydrogen-bond donors (Lipinski definition) is 4. The van der Waals surface area contributed by atoms with Crippen LogP contribution in [0, 0.1) is 0 Å². The molecule has 5 heteroatoms. The van der Waals surface area contributed by atoms with Crippen molar-refractivity contribution in [1.29, 1.82) is 0 Å². The van der Waals surface area contributed by atoms with Crippen LogP contribution in [-0.2, 0) is 4.79 Å². The van der Waals surface area contributed by atoms with Gasteiger partial charge in [-0.3, -0.25) is 4.79 Å². The molecule has 0 aromatic rings. The first-order valence-electron chi connectivity index (χ1n) is 25.0. The summed E-state index contributed by atoms with van der Waals surface area (Å²) in [7, 11) is 0. The molecule has 328 valence electrons. The lowest BCUT2D eigenvalue weighted by molar-refractivity contribution is -0.124. The summed E-state index contributed by atoms with van der Waals surface area (Å²) in [6, 6.07) is -0.821. The molecule has 0 spiro atoms. The number of rotatable bonds is 46. The van der Waals surface area contributed by atoms with E-state index in [0.717, 1.165) is 38.5 Å². The number of allylic oxidation sites excluding steroid dienone is 2. The molecule has 0 saturated heterocycles. The molecule has 0 aliphatic carbocycles. The van der Waals surface area contributed by atoms with Gasteiger partial charge in [-0.1, -0.05) is 244 Å². The molecule has 0 radical (unpaired) electrons. The van der Waals surface area contributed by atoms with Crippen molar-refractivity contribution in [3.8, 4) is 0 Å². The molecule has 0 aliphatic rings. The van der Waals surface area contributed by atoms with Gasteiger partial charge >= 0.3 is 0 Å². The molecule has 3 atom stereocenters. The van der Waals surface area contributed by atoms with Crippen molar-refractivity contribution in [2.75, 3.05) is 6.61 Å². The summed E-state index contributed by atoms with van der Waals surface area (Å²) in [6.45, 7) is 4.18. The first kappa shape index (κ1) is 54.1. The van der Waals surface area contributed by atoms with Crippen LogP contribution in [0.3, 0.4) is 0 Å². The number of nitrogens with one attached hydrogen (secondary N) is 1. The van der Waals surface area contributed by atoms with Crippen LogP contribution in [0.4, 0.5) is 0 Å². The summed E-state index contributed by atoms with van der Waals surface area (Å²) in [5, 5.41) is 33.5. The molecule has 0 aromatic heterocycles. The van der Waals surface area contributed by atoms with Crippen LogP contribution in [0.25, 0.3) is 0 Å². The van der Waals surface area contributed by atoms with Gasteiger partial charge in [0.25, 0.3) is 0 Å². The lowest BCUT2D eigenvalue weighted by Crippen LogP contribution is -2.50. The van der Waals surface area contributed by atoms with Crippen molar-refractivity contribution < 1.29 is 20.1 Å². The number of aliphatic hydroxyl groups excluding tert-OH is 3. The molecule has 4 N–H and O–H groups in total. The van der Waals surface area contributed by atoms with Crippen LogP contribution in [0.5, 0.6) is 0 Å². The zero-order valence-electron chi connectivity index (χ0n) is 37.3. The first-order chi connectivity index (χ1) is 27.1. The van der Waals surface area contributed by atoms with Crippen LogP contribution in [-0.4, -0.2) is 46.1 Å². The Labute approximate surface area is 344 Å². The van der Waals surface area contributed by atoms with E-state index in [2.05, 4.69) is 31.3 Å². The molecule has 5 nitrogen and oxygen atoms in total. The van der Waals surface area contributed by atoms with E-state index < -0.39 is 18.2 Å². The Morgan fingerprint density at radius 1 is 0.436 bits per heavy atom. The molecular weight excluding hydrogens is 679 g/mol. The normalized spacial score (nSPS) is 13.5. The average molecular weight is 778 g/mol. The van der Waals surface area contributed by atoms with Crippen LogP contribution < -0.4 is 5.32 Å². The van der Waals surface area contributed by atoms with Gasteiger partial charge in [-0.2, -0.15) is 0 Å². The summed E-state index contributed by atoms with van der Waals surface area (Å²) in [5.74, 6) is -0.149. The standard InChI is InChI=1S/C50H99NO4/c1-3-5-7-9-11-13-15-17-18-19-20-21-22-23-24-25-26-27-28-29-30-31-33-35-37-39-41-43-45-49(54)51-47(46-52)50(55)48(53)44-42-40-38-36-34-32-16-14-12-10-8-6-4-2/h36,38,47-48,50,52-53,55H,3-35,37,39-46H2,1-2H3,(H,51,54)/b38-36+. The van der Waals surface area contributed by atoms with E-state index in [4.69, 9.17) is 0 Å². The van der Waals surface area contributed by atoms with E-state index >= 15 is 0 Å². The van der Waals surface area contributed by atoms with Crippen molar-refractivity contribution in [3.63, 3.8) is 0 Å². The smallest absolute Gasteiger partial charge is 0.220 e. The van der Waals surface area contributed by atoms with Crippen LogP contribution in [0.15, 0.2) is 12.2 Å². The van der Waals surface area contributed by atoms with Gasteiger partial charge in [0.05, 0.1) is 18.8 Å². The highest BCUT2D eigenvalue weighted by Crippen LogP contribution is 2.17. The second-order valence-electron chi connectivity index (χ2n) is 17.4. The van der Waals surface area contributed by atoms with E-state index in [1.165, 1.54) is 212 Å². The minimum Gasteiger partial charge on any atom is -0.394 e. The maximum absolute atomic E-state index is 12.4. The number of aliphatic hydroxyl groups is 3. The van der Waals surface area contributed by atoms with Crippen molar-refractivity contribution in [2.45, 2.75) is 295 Å². The number of carbonyl (C=O) groups excluding carboxylic acids is 1. The minimum atomic E-state index is -1.15. The summed E-state index contributed by atoms with van der Waals surface area (Å²) < 4.78 is 0. The zero-order chi connectivity index (χ0) is 40.1. The molecule has 55 heavy (non-hydrogen) atoms. The number of hydrogen-bond acceptors (Lipinski definition) is 4. The molecule has 0 rings (SSSR count). The molecule has 3 unspecified atom stereocenters. The Kier molecular flexibility index (Phi) is 45.0. The maximum atomic E-state index is 12.4. The molecule has 0 fully saturated rings. The summed E-state index contributed by atoms with van der Waals surface area (Å²) in [5.41, 5.74) is 0. The Bertz CT molecular complexity index is 773. The Morgan fingerprint density at radius 3 is 1.05 bits per heavy atom. The monoisotopic (exact) mass is 778 g/mol. The average Bonchev–Trinajstić information content (AvgIpc) is 3.19. The van der Waals surface area contributed by atoms with Crippen molar-refractivity contribution in [1.82, 2.24) is 5.32 Å². The van der Waals surface area contributed by atoms with Gasteiger partial charge in [-0.05, 0) is 38.5 Å². The van der Waals surface area contributed by atoms with E-state index in [1.807, 2.05) is 0 Å². The maximum Gasteiger partial charge on any atom is 0.220 e. The van der Waals surface area contributed by atoms with Crippen molar-refractivity contribution >= 4 is 5.91 Å². The van der Waals surface area contributed by atoms with Crippen molar-refractivity contribution in [2.24, 2.45) is 0 Å². The number of unbranched alkanes of at least 4 members (excludes halogenated alkanes) is 36. The van der Waals surface area contributed by atoms with Gasteiger partial charge in [-0.15, -0.1) is 0 Å². The van der Waals surface area contributed by atoms with Gasteiger partial charge in [0.15, 0.2) is 0 Å². The third kappa shape index (κ3) is 41.1. The molecule has 0 heterocycles. The zero-order valence-corrected chi connectivity index (χ0v) is 37.3. The largest absolute Gasteiger partial charge is 0.394 e. The van der Waals surface area contributed by atoms with E-state index in [-0.39, 0.29) is 12.5 Å². The first-order valence-corrected chi connectivity index (χ1v) is 25.0. The fraction of sp³-hybridized carbons (Fsp3) is 0.940. The number of carbonyl (C=O) groups is 1. The highest BCUT2D eigenvalue weighted by molar-refractivity contribution is 5.76. The van der Waals surface area contributed by atoms with Crippen LogP contribution >= 0.6 is 0 Å². The fourth-order valence-electron chi connectivity index (χ4n) is 7.99. The SMILES string of the molecule is CCCCCCCCCC/C=C/CCCC(O)C(O)C(CO)NC(=O)CCCCCCCCCCCCCCCCCCCCCCCCCCCCCC. The van der Waals surface area contributed by atoms with Gasteiger partial charge < -0.3 is 20.6 Å². The molecule has 0 aliphatic heterocycles. The van der Waals surface area contributed by atoms with Crippen LogP contribution in [0.2, 0.25) is 0 Å². The summed E-state index contributed by atoms with van der Waals surface area (Å²) in [4.78, 5) is 12.4. The third-order valence-electron chi connectivity index (χ3n) is 11.9. The second-order valence-corrected chi connectivity index (χ2v) is 17.4. The quantitative estimate of drug-likeness (QED) is 0.0366. The predicted molar refractivity (Wildman–Crippen MR) is 241 cm³/mol. The van der Waals surface area contributed by atoms with Gasteiger partial charge in [0.2, 0.25) is 5.91 Å². The van der Waals surface area contributed by atoms with E-state index in [9.17, 15) is 20.1 Å². The van der Waals surface area contributed by atoms with E-state index in [1.54, 1.807) is 0 Å². The molecular formula is C50H99NO4. The molecule has 0 bridgehead atoms. The Hall–Kier alpha value is -0.910. The third-order valence-corrected chi connectivity index (χ3v) is 11.9. The minimum absolute atomic E-state index is 0.149. The Balaban J connectivity index is 3.50. The molecule has 1 amide bonds. The highest BCUT2D eigenvalue weighted by atomic mass is 16.3. The summed E-state index contributed by atoms with van der Waals surface area (Å²) >= 11 is 0. The molecule has 0 aromatic carbocycles. The highest BCUT2D eigenvalue weighted by Gasteiger charge is 2.26. The number of amides is 1. The summed E-state index contributed by atoms with van der Waals surface area (Å²) in [6.07, 6.45) is 55.0. The van der Waals surface area contributed by atoms with Gasteiger partial charge in [-0.25, -0.2) is 0 Å². The van der Waals surface area contributed by atoms with Gasteiger partial charge in [0, 0.05) is 6.42 Å². The predicted octanol–water partition coefficient (Wildman–Crippen LogP) is 14.8. The lowest BCUT2D eigenvalue weighted by Gasteiger charge is -2.26.